The average Bonchev–Trinajstić information content (AvgIpc) is 3.20. The van der Waals surface area contributed by atoms with Crippen molar-refractivity contribution in [1.29, 1.82) is 0 Å². The highest BCUT2D eigenvalue weighted by Crippen LogP contribution is 2.27. The van der Waals surface area contributed by atoms with Crippen LogP contribution in [0.1, 0.15) is 29.4 Å². The van der Waals surface area contributed by atoms with Crippen LogP contribution >= 0.6 is 27.3 Å². The summed E-state index contributed by atoms with van der Waals surface area (Å²) in [5.74, 6) is -0.435. The first-order valence-corrected chi connectivity index (χ1v) is 9.78. The first-order valence-electron chi connectivity index (χ1n) is 8.17. The molecule has 3 rings (SSSR count). The molecule has 136 valence electrons. The Morgan fingerprint density at radius 1 is 1.36 bits per heavy atom. The first kappa shape index (κ1) is 18.2. The van der Waals surface area contributed by atoms with Crippen LogP contribution in [0, 0.1) is 0 Å². The fraction of sp³-hybridized carbons (Fsp3) is 0.562. The monoisotopic (exact) mass is 430 g/mol. The second-order valence-corrected chi connectivity index (χ2v) is 8.34. The van der Waals surface area contributed by atoms with E-state index < -0.39 is 18.1 Å². The molecule has 2 saturated heterocycles. The van der Waals surface area contributed by atoms with Crippen molar-refractivity contribution in [3.63, 3.8) is 0 Å². The summed E-state index contributed by atoms with van der Waals surface area (Å²) in [4.78, 5) is 40.5. The largest absolute Gasteiger partial charge is 0.464 e. The van der Waals surface area contributed by atoms with E-state index in [4.69, 9.17) is 9.47 Å². The molecule has 0 spiro atoms. The smallest absolute Gasteiger partial charge is 0.410 e. The molecule has 1 atom stereocenters. The standard InChI is InChI=1S/C16H19BrN2O5S/c1-2-23-15(21)11-9-24-16(22)19(11)10-5-7-18(8-6-10)14(20)12-3-4-13(17)25-12/h3-4,10-11H,2,5-9H2,1H3. The lowest BCUT2D eigenvalue weighted by Crippen LogP contribution is -2.52. The number of hydrogen-bond donors (Lipinski definition) is 0. The molecule has 1 unspecified atom stereocenters. The Morgan fingerprint density at radius 2 is 2.08 bits per heavy atom. The van der Waals surface area contributed by atoms with Crippen molar-refractivity contribution in [1.82, 2.24) is 9.80 Å². The Bertz CT molecular complexity index is 671. The van der Waals surface area contributed by atoms with E-state index in [0.717, 1.165) is 3.79 Å². The molecule has 0 radical (unpaired) electrons. The Balaban J connectivity index is 1.62. The zero-order valence-electron chi connectivity index (χ0n) is 13.8. The van der Waals surface area contributed by atoms with Gasteiger partial charge in [-0.3, -0.25) is 9.69 Å². The summed E-state index contributed by atoms with van der Waals surface area (Å²) in [6.45, 7) is 3.10. The fourth-order valence-corrected chi connectivity index (χ4v) is 4.54. The minimum atomic E-state index is -0.687. The van der Waals surface area contributed by atoms with Crippen molar-refractivity contribution >= 4 is 45.2 Å². The zero-order valence-corrected chi connectivity index (χ0v) is 16.2. The highest BCUT2D eigenvalue weighted by atomic mass is 79.9. The van der Waals surface area contributed by atoms with Gasteiger partial charge < -0.3 is 14.4 Å². The number of esters is 1. The number of piperidine rings is 1. The first-order chi connectivity index (χ1) is 12.0. The van der Waals surface area contributed by atoms with Crippen LogP contribution < -0.4 is 0 Å². The van der Waals surface area contributed by atoms with Crippen LogP contribution in [0.25, 0.3) is 0 Å². The molecule has 2 fully saturated rings. The summed E-state index contributed by atoms with van der Waals surface area (Å²) in [6, 6.07) is 2.85. The van der Waals surface area contributed by atoms with E-state index in [0.29, 0.717) is 30.8 Å². The van der Waals surface area contributed by atoms with Crippen molar-refractivity contribution in [2.24, 2.45) is 0 Å². The molecular weight excluding hydrogens is 412 g/mol. The van der Waals surface area contributed by atoms with Gasteiger partial charge in [0, 0.05) is 19.1 Å². The van der Waals surface area contributed by atoms with Crippen LogP contribution in [0.3, 0.4) is 0 Å². The fourth-order valence-electron chi connectivity index (χ4n) is 3.19. The van der Waals surface area contributed by atoms with E-state index in [1.54, 1.807) is 17.9 Å². The van der Waals surface area contributed by atoms with Gasteiger partial charge in [0.15, 0.2) is 6.04 Å². The zero-order chi connectivity index (χ0) is 18.0. The van der Waals surface area contributed by atoms with Gasteiger partial charge in [-0.25, -0.2) is 9.59 Å². The lowest BCUT2D eigenvalue weighted by molar-refractivity contribution is -0.148. The third-order valence-corrected chi connectivity index (χ3v) is 6.01. The van der Waals surface area contributed by atoms with Crippen LogP contribution in [-0.4, -0.2) is 66.2 Å². The average molecular weight is 431 g/mol. The summed E-state index contributed by atoms with van der Waals surface area (Å²) < 4.78 is 11.0. The molecule has 1 aromatic heterocycles. The highest BCUT2D eigenvalue weighted by molar-refractivity contribution is 9.11. The molecule has 3 heterocycles. The van der Waals surface area contributed by atoms with Gasteiger partial charge in [-0.05, 0) is 47.8 Å². The lowest BCUT2D eigenvalue weighted by atomic mass is 10.0. The third kappa shape index (κ3) is 3.82. The number of amides is 2. The van der Waals surface area contributed by atoms with Gasteiger partial charge in [-0.15, -0.1) is 11.3 Å². The number of halogens is 1. The third-order valence-electron chi connectivity index (χ3n) is 4.40. The molecule has 2 amide bonds. The van der Waals surface area contributed by atoms with Crippen molar-refractivity contribution in [3.05, 3.63) is 20.8 Å². The van der Waals surface area contributed by atoms with Crippen molar-refractivity contribution < 1.29 is 23.9 Å². The number of likely N-dealkylation sites (tertiary alicyclic amines) is 1. The van der Waals surface area contributed by atoms with Gasteiger partial charge >= 0.3 is 12.1 Å². The second-order valence-electron chi connectivity index (χ2n) is 5.88. The van der Waals surface area contributed by atoms with E-state index in [2.05, 4.69) is 15.9 Å². The molecule has 2 aliphatic heterocycles. The molecule has 7 nitrogen and oxygen atoms in total. The molecule has 25 heavy (non-hydrogen) atoms. The SMILES string of the molecule is CCOC(=O)C1COC(=O)N1C1CCN(C(=O)c2ccc(Br)s2)CC1. The lowest BCUT2D eigenvalue weighted by Gasteiger charge is -2.37. The summed E-state index contributed by atoms with van der Waals surface area (Å²) in [6.07, 6.45) is 0.747. The van der Waals surface area contributed by atoms with Gasteiger partial charge in [-0.1, -0.05) is 0 Å². The number of ether oxygens (including phenoxy) is 2. The van der Waals surface area contributed by atoms with E-state index in [1.807, 2.05) is 6.07 Å². The van der Waals surface area contributed by atoms with E-state index in [9.17, 15) is 14.4 Å². The molecule has 0 saturated carbocycles. The van der Waals surface area contributed by atoms with Gasteiger partial charge in [0.25, 0.3) is 5.91 Å². The van der Waals surface area contributed by atoms with Gasteiger partial charge in [0.1, 0.15) is 6.61 Å². The molecular formula is C16H19BrN2O5S. The van der Waals surface area contributed by atoms with Crippen LogP contribution in [0.2, 0.25) is 0 Å². The maximum Gasteiger partial charge on any atom is 0.410 e. The van der Waals surface area contributed by atoms with Crippen molar-refractivity contribution in [3.8, 4) is 0 Å². The minimum Gasteiger partial charge on any atom is -0.464 e. The predicted molar refractivity (Wildman–Crippen MR) is 94.6 cm³/mol. The summed E-state index contributed by atoms with van der Waals surface area (Å²) >= 11 is 4.77. The summed E-state index contributed by atoms with van der Waals surface area (Å²) in [5, 5.41) is 0. The number of carbonyl (C=O) groups is 3. The summed E-state index contributed by atoms with van der Waals surface area (Å²) in [7, 11) is 0. The van der Waals surface area contributed by atoms with E-state index in [1.165, 1.54) is 16.2 Å². The maximum atomic E-state index is 12.5. The molecule has 0 aromatic carbocycles. The normalized spacial score (nSPS) is 21.4. The number of nitrogens with zero attached hydrogens (tertiary/aromatic N) is 2. The molecule has 1 aromatic rings. The van der Waals surface area contributed by atoms with Crippen LogP contribution in [-0.2, 0) is 14.3 Å². The second kappa shape index (κ2) is 7.74. The van der Waals surface area contributed by atoms with Gasteiger partial charge in [-0.2, -0.15) is 0 Å². The Hall–Kier alpha value is -1.61. The molecule has 2 aliphatic rings. The topological polar surface area (TPSA) is 76.2 Å². The Morgan fingerprint density at radius 3 is 2.68 bits per heavy atom. The van der Waals surface area contributed by atoms with Crippen molar-refractivity contribution in [2.45, 2.75) is 31.8 Å². The van der Waals surface area contributed by atoms with Gasteiger partial charge in [0.05, 0.1) is 15.3 Å². The van der Waals surface area contributed by atoms with Crippen molar-refractivity contribution in [2.75, 3.05) is 26.3 Å². The number of hydrogen-bond acceptors (Lipinski definition) is 6. The number of thiophene rings is 1. The van der Waals surface area contributed by atoms with Gasteiger partial charge in [0.2, 0.25) is 0 Å². The quantitative estimate of drug-likeness (QED) is 0.685. The predicted octanol–water partition coefficient (Wildman–Crippen LogP) is 2.50. The number of rotatable bonds is 4. The molecule has 0 aliphatic carbocycles. The molecule has 9 heteroatoms. The molecule has 0 N–H and O–H groups in total. The van der Waals surface area contributed by atoms with Crippen LogP contribution in [0.5, 0.6) is 0 Å². The molecule has 0 bridgehead atoms. The van der Waals surface area contributed by atoms with Crippen LogP contribution in [0.4, 0.5) is 4.79 Å². The van der Waals surface area contributed by atoms with E-state index in [-0.39, 0.29) is 25.2 Å². The van der Waals surface area contributed by atoms with E-state index >= 15 is 0 Å². The van der Waals surface area contributed by atoms with Crippen LogP contribution in [0.15, 0.2) is 15.9 Å². The minimum absolute atomic E-state index is 0.0000844. The summed E-state index contributed by atoms with van der Waals surface area (Å²) in [5.41, 5.74) is 0. The number of cyclic esters (lactones) is 1. The highest BCUT2D eigenvalue weighted by Gasteiger charge is 2.44. The Kier molecular flexibility index (Phi) is 5.63. The Labute approximate surface area is 158 Å². The number of carbonyl (C=O) groups excluding carboxylic acids is 3. The maximum absolute atomic E-state index is 12.5.